The number of carbonyl (C=O) groups is 1. The Morgan fingerprint density at radius 3 is 2.64 bits per heavy atom. The zero-order valence-electron chi connectivity index (χ0n) is 8.87. The lowest BCUT2D eigenvalue weighted by Gasteiger charge is -2.08. The van der Waals surface area contributed by atoms with Crippen LogP contribution in [0.25, 0.3) is 0 Å². The normalized spacial score (nSPS) is 12.3. The monoisotopic (exact) mass is 194 g/mol. The Morgan fingerprint density at radius 2 is 2.14 bits per heavy atom. The molecule has 1 atom stereocenters. The number of carbonyl (C=O) groups excluding carboxylic acids is 1. The summed E-state index contributed by atoms with van der Waals surface area (Å²) in [5.41, 5.74) is 0.710. The average molecular weight is 194 g/mol. The number of ketones is 1. The van der Waals surface area contributed by atoms with E-state index in [1.54, 1.807) is 27.0 Å². The minimum atomic E-state index is -0.203. The number of aryl methyl sites for hydroxylation is 1. The predicted molar refractivity (Wildman–Crippen MR) is 52.4 cm³/mol. The van der Waals surface area contributed by atoms with Crippen LogP contribution in [0.15, 0.2) is 6.07 Å². The van der Waals surface area contributed by atoms with Crippen LogP contribution in [0.3, 0.4) is 0 Å². The number of hydrogen-bond donors (Lipinski definition) is 0. The summed E-state index contributed by atoms with van der Waals surface area (Å²) < 4.78 is 5.00. The second-order valence-electron chi connectivity index (χ2n) is 3.21. The minimum absolute atomic E-state index is 0.0881. The number of Topliss-reactive ketones (excluding diaryl/α,β-unsaturated/α-hetero) is 1. The van der Waals surface area contributed by atoms with Gasteiger partial charge in [-0.05, 0) is 20.8 Å². The van der Waals surface area contributed by atoms with Crippen molar-refractivity contribution in [3.05, 3.63) is 17.6 Å². The summed E-state index contributed by atoms with van der Waals surface area (Å²) in [4.78, 5) is 19.4. The molecule has 0 saturated carbocycles. The van der Waals surface area contributed by atoms with Crippen molar-refractivity contribution in [3.63, 3.8) is 0 Å². The van der Waals surface area contributed by atoms with Gasteiger partial charge in [0.1, 0.15) is 11.6 Å². The van der Waals surface area contributed by atoms with Gasteiger partial charge in [-0.15, -0.1) is 0 Å². The molecule has 0 N–H and O–H groups in total. The number of ether oxygens (including phenoxy) is 1. The molecule has 1 unspecified atom stereocenters. The smallest absolute Gasteiger partial charge is 0.216 e. The van der Waals surface area contributed by atoms with E-state index >= 15 is 0 Å². The molecule has 0 fully saturated rings. The molecule has 0 aliphatic rings. The Hall–Kier alpha value is -1.45. The molecule has 0 saturated heterocycles. The maximum Gasteiger partial charge on any atom is 0.216 e. The van der Waals surface area contributed by atoms with Crippen molar-refractivity contribution < 1.29 is 9.53 Å². The summed E-state index contributed by atoms with van der Waals surface area (Å²) in [6.45, 7) is 5.15. The van der Waals surface area contributed by atoms with Crippen molar-refractivity contribution in [2.45, 2.75) is 26.7 Å². The molecule has 1 heterocycles. The van der Waals surface area contributed by atoms with E-state index in [1.165, 1.54) is 0 Å². The molecule has 1 aromatic heterocycles. The Morgan fingerprint density at radius 1 is 1.50 bits per heavy atom. The zero-order valence-corrected chi connectivity index (χ0v) is 8.87. The topological polar surface area (TPSA) is 52.1 Å². The van der Waals surface area contributed by atoms with Crippen LogP contribution in [0.5, 0.6) is 5.88 Å². The molecule has 0 aliphatic carbocycles. The fourth-order valence-electron chi connectivity index (χ4n) is 1.10. The maximum absolute atomic E-state index is 11.2. The van der Waals surface area contributed by atoms with Crippen LogP contribution >= 0.6 is 0 Å². The van der Waals surface area contributed by atoms with Crippen LogP contribution in [0, 0.1) is 6.92 Å². The van der Waals surface area contributed by atoms with E-state index in [2.05, 4.69) is 9.97 Å². The van der Waals surface area contributed by atoms with Gasteiger partial charge in [-0.1, -0.05) is 0 Å². The molecule has 1 rings (SSSR count). The Labute approximate surface area is 83.3 Å². The quantitative estimate of drug-likeness (QED) is 0.731. The average Bonchev–Trinajstić information content (AvgIpc) is 2.15. The van der Waals surface area contributed by atoms with Crippen LogP contribution in [-0.4, -0.2) is 22.9 Å². The van der Waals surface area contributed by atoms with E-state index in [0.717, 1.165) is 0 Å². The molecule has 1 aromatic rings. The summed E-state index contributed by atoms with van der Waals surface area (Å²) >= 11 is 0. The molecule has 4 nitrogen and oxygen atoms in total. The molecule has 76 valence electrons. The summed E-state index contributed by atoms with van der Waals surface area (Å²) in [5, 5.41) is 0. The van der Waals surface area contributed by atoms with E-state index in [-0.39, 0.29) is 11.7 Å². The van der Waals surface area contributed by atoms with Crippen LogP contribution in [0.2, 0.25) is 0 Å². The van der Waals surface area contributed by atoms with E-state index in [1.807, 2.05) is 6.92 Å². The van der Waals surface area contributed by atoms with Crippen LogP contribution < -0.4 is 4.74 Å². The summed E-state index contributed by atoms with van der Waals surface area (Å²) in [5.74, 6) is 1.00. The Kier molecular flexibility index (Phi) is 3.17. The molecule has 0 radical (unpaired) electrons. The van der Waals surface area contributed by atoms with Crippen molar-refractivity contribution >= 4 is 5.78 Å². The Bertz CT molecular complexity index is 350. The van der Waals surface area contributed by atoms with Crippen LogP contribution in [0.1, 0.15) is 31.3 Å². The third-order valence-corrected chi connectivity index (χ3v) is 2.10. The van der Waals surface area contributed by atoms with Gasteiger partial charge in [-0.2, -0.15) is 4.98 Å². The van der Waals surface area contributed by atoms with Gasteiger partial charge in [0, 0.05) is 6.07 Å². The lowest BCUT2D eigenvalue weighted by molar-refractivity contribution is -0.118. The van der Waals surface area contributed by atoms with Crippen molar-refractivity contribution in [1.29, 1.82) is 0 Å². The molecule has 0 aromatic carbocycles. The van der Waals surface area contributed by atoms with E-state index in [0.29, 0.717) is 17.4 Å². The van der Waals surface area contributed by atoms with Gasteiger partial charge >= 0.3 is 0 Å². The predicted octanol–water partition coefficient (Wildman–Crippen LogP) is 1.49. The first kappa shape index (κ1) is 10.6. The molecule has 0 aliphatic heterocycles. The third kappa shape index (κ3) is 2.28. The number of rotatable bonds is 3. The lowest BCUT2D eigenvalue weighted by atomic mass is 10.0. The number of nitrogens with zero attached hydrogens (tertiary/aromatic N) is 2. The second kappa shape index (κ2) is 4.17. The van der Waals surface area contributed by atoms with Gasteiger partial charge in [-0.25, -0.2) is 4.98 Å². The maximum atomic E-state index is 11.2. The van der Waals surface area contributed by atoms with Crippen LogP contribution in [0.4, 0.5) is 0 Å². The van der Waals surface area contributed by atoms with E-state index in [9.17, 15) is 4.79 Å². The van der Waals surface area contributed by atoms with Crippen molar-refractivity contribution in [3.8, 4) is 5.88 Å². The van der Waals surface area contributed by atoms with Crippen molar-refractivity contribution in [2.75, 3.05) is 7.11 Å². The molecule has 4 heteroatoms. The Balaban J connectivity index is 3.08. The van der Waals surface area contributed by atoms with Crippen molar-refractivity contribution in [1.82, 2.24) is 9.97 Å². The number of aromatic nitrogens is 2. The minimum Gasteiger partial charge on any atom is -0.481 e. The highest BCUT2D eigenvalue weighted by molar-refractivity contribution is 5.82. The first-order valence-electron chi connectivity index (χ1n) is 4.44. The third-order valence-electron chi connectivity index (χ3n) is 2.10. The molecule has 14 heavy (non-hydrogen) atoms. The number of methoxy groups -OCH3 is 1. The van der Waals surface area contributed by atoms with E-state index < -0.39 is 0 Å². The number of hydrogen-bond acceptors (Lipinski definition) is 4. The lowest BCUT2D eigenvalue weighted by Crippen LogP contribution is -2.08. The standard InChI is InChI=1S/C10H14N2O2/c1-6(7(2)13)9-5-10(14-4)12-8(3)11-9/h5-6H,1-4H3. The zero-order chi connectivity index (χ0) is 10.7. The van der Waals surface area contributed by atoms with Gasteiger partial charge in [0.25, 0.3) is 0 Å². The van der Waals surface area contributed by atoms with Crippen molar-refractivity contribution in [2.24, 2.45) is 0 Å². The first-order valence-corrected chi connectivity index (χ1v) is 4.44. The van der Waals surface area contributed by atoms with Gasteiger partial charge in [-0.3, -0.25) is 4.79 Å². The molecule has 0 spiro atoms. The highest BCUT2D eigenvalue weighted by Crippen LogP contribution is 2.17. The SMILES string of the molecule is COc1cc(C(C)C(C)=O)nc(C)n1. The van der Waals surface area contributed by atoms with Gasteiger partial charge in [0.05, 0.1) is 18.7 Å². The highest BCUT2D eigenvalue weighted by Gasteiger charge is 2.14. The summed E-state index contributed by atoms with van der Waals surface area (Å²) in [7, 11) is 1.55. The second-order valence-corrected chi connectivity index (χ2v) is 3.21. The molecule has 0 bridgehead atoms. The van der Waals surface area contributed by atoms with Gasteiger partial charge < -0.3 is 4.74 Å². The fourth-order valence-corrected chi connectivity index (χ4v) is 1.10. The molecular formula is C10H14N2O2. The van der Waals surface area contributed by atoms with E-state index in [4.69, 9.17) is 4.74 Å². The summed E-state index contributed by atoms with van der Waals surface area (Å²) in [6, 6.07) is 1.69. The van der Waals surface area contributed by atoms with Gasteiger partial charge in [0.2, 0.25) is 5.88 Å². The highest BCUT2D eigenvalue weighted by atomic mass is 16.5. The largest absolute Gasteiger partial charge is 0.481 e. The van der Waals surface area contributed by atoms with Crippen LogP contribution in [-0.2, 0) is 4.79 Å². The van der Waals surface area contributed by atoms with Gasteiger partial charge in [0.15, 0.2) is 0 Å². The first-order chi connectivity index (χ1) is 6.54. The summed E-state index contributed by atoms with van der Waals surface area (Å²) in [6.07, 6.45) is 0. The molecule has 0 amide bonds. The fraction of sp³-hybridized carbons (Fsp3) is 0.500. The molecular weight excluding hydrogens is 180 g/mol.